The molecule has 5 nitrogen and oxygen atoms in total. The van der Waals surface area contributed by atoms with Crippen LogP contribution >= 0.6 is 11.3 Å². The van der Waals surface area contributed by atoms with Crippen molar-refractivity contribution in [3.63, 3.8) is 0 Å². The maximum atomic E-state index is 5.22. The Morgan fingerprint density at radius 1 is 1.09 bits per heavy atom. The van der Waals surface area contributed by atoms with Crippen LogP contribution in [-0.4, -0.2) is 54.5 Å². The first-order chi connectivity index (χ1) is 15.7. The molecule has 2 aromatic heterocycles. The van der Waals surface area contributed by atoms with Gasteiger partial charge in [0.25, 0.3) is 0 Å². The molecule has 2 aromatic carbocycles. The molecule has 0 bridgehead atoms. The Labute approximate surface area is 193 Å². The fourth-order valence-electron chi connectivity index (χ4n) is 4.86. The largest absolute Gasteiger partial charge is 0.383 e. The second-order valence-corrected chi connectivity index (χ2v) is 9.98. The summed E-state index contributed by atoms with van der Waals surface area (Å²) in [5.74, 6) is 0. The lowest BCUT2D eigenvalue weighted by Crippen LogP contribution is -2.41. The molecule has 0 amide bonds. The number of hydrogen-bond donors (Lipinski definition) is 2. The third-order valence-corrected chi connectivity index (χ3v) is 8.06. The normalized spacial score (nSPS) is 19.3. The van der Waals surface area contributed by atoms with Gasteiger partial charge in [-0.3, -0.25) is 5.10 Å². The molecule has 1 fully saturated rings. The monoisotopic (exact) mass is 448 g/mol. The molecule has 0 spiro atoms. The van der Waals surface area contributed by atoms with E-state index in [1.165, 1.54) is 51.6 Å². The maximum Gasteiger partial charge on any atom is 0.110 e. The van der Waals surface area contributed by atoms with Gasteiger partial charge < -0.3 is 15.0 Å². The summed E-state index contributed by atoms with van der Waals surface area (Å²) in [5, 5.41) is 12.9. The number of nitrogens with one attached hydrogen (secondary N) is 2. The number of nitrogens with zero attached hydrogens (tertiary/aromatic N) is 2. The van der Waals surface area contributed by atoms with E-state index >= 15 is 0 Å². The van der Waals surface area contributed by atoms with Crippen LogP contribution in [-0.2, 0) is 11.3 Å². The van der Waals surface area contributed by atoms with Crippen LogP contribution in [0.25, 0.3) is 31.6 Å². The van der Waals surface area contributed by atoms with Gasteiger partial charge in [-0.1, -0.05) is 42.5 Å². The van der Waals surface area contributed by atoms with Gasteiger partial charge in [0.15, 0.2) is 0 Å². The number of likely N-dealkylation sites (N-methyl/N-ethyl adjacent to an activating group) is 1. The van der Waals surface area contributed by atoms with Crippen molar-refractivity contribution >= 4 is 31.6 Å². The lowest BCUT2D eigenvalue weighted by Gasteiger charge is -2.35. The molecule has 168 valence electrons. The smallest absolute Gasteiger partial charge is 0.110 e. The third kappa shape index (κ3) is 4.46. The minimum Gasteiger partial charge on any atom is -0.383 e. The van der Waals surface area contributed by atoms with E-state index in [2.05, 4.69) is 76.0 Å². The molecule has 1 aliphatic rings. The van der Waals surface area contributed by atoms with E-state index in [9.17, 15) is 0 Å². The van der Waals surface area contributed by atoms with E-state index in [0.717, 1.165) is 30.9 Å². The molecule has 0 saturated heterocycles. The summed E-state index contributed by atoms with van der Waals surface area (Å²) >= 11 is 1.81. The van der Waals surface area contributed by atoms with Crippen LogP contribution in [0.15, 0.2) is 48.5 Å². The first kappa shape index (κ1) is 21.6. The predicted molar refractivity (Wildman–Crippen MR) is 134 cm³/mol. The molecule has 2 heterocycles. The number of aromatic nitrogens is 2. The van der Waals surface area contributed by atoms with Gasteiger partial charge in [-0.05, 0) is 44.4 Å². The molecule has 1 saturated carbocycles. The molecule has 32 heavy (non-hydrogen) atoms. The Kier molecular flexibility index (Phi) is 6.55. The molecular formula is C26H32N4OS. The molecular weight excluding hydrogens is 416 g/mol. The maximum absolute atomic E-state index is 5.22. The van der Waals surface area contributed by atoms with Crippen molar-refractivity contribution in [2.45, 2.75) is 44.3 Å². The third-order valence-electron chi connectivity index (χ3n) is 6.88. The quantitative estimate of drug-likeness (QED) is 0.378. The first-order valence-corrected chi connectivity index (χ1v) is 12.4. The Morgan fingerprint density at radius 2 is 1.88 bits per heavy atom. The summed E-state index contributed by atoms with van der Waals surface area (Å²) in [6.45, 7) is 2.76. The van der Waals surface area contributed by atoms with Crippen molar-refractivity contribution in [1.82, 2.24) is 20.4 Å². The van der Waals surface area contributed by atoms with Gasteiger partial charge in [-0.15, -0.1) is 11.3 Å². The summed E-state index contributed by atoms with van der Waals surface area (Å²) in [5.41, 5.74) is 4.70. The van der Waals surface area contributed by atoms with Gasteiger partial charge in [0, 0.05) is 47.9 Å². The van der Waals surface area contributed by atoms with Crippen LogP contribution in [0.5, 0.6) is 0 Å². The fourth-order valence-corrected chi connectivity index (χ4v) is 6.03. The van der Waals surface area contributed by atoms with Crippen LogP contribution in [0.4, 0.5) is 0 Å². The van der Waals surface area contributed by atoms with Crippen molar-refractivity contribution in [1.29, 1.82) is 0 Å². The van der Waals surface area contributed by atoms with Crippen molar-refractivity contribution in [3.8, 4) is 11.3 Å². The van der Waals surface area contributed by atoms with Gasteiger partial charge in [-0.2, -0.15) is 5.10 Å². The number of methoxy groups -OCH3 is 1. The molecule has 0 radical (unpaired) electrons. The number of ether oxygens (including phenoxy) is 1. The highest BCUT2D eigenvalue weighted by molar-refractivity contribution is 7.26. The summed E-state index contributed by atoms with van der Waals surface area (Å²) in [7, 11) is 4.01. The average molecular weight is 449 g/mol. The summed E-state index contributed by atoms with van der Waals surface area (Å²) in [6.07, 6.45) is 5.02. The number of benzene rings is 2. The first-order valence-electron chi connectivity index (χ1n) is 11.6. The lowest BCUT2D eigenvalue weighted by atomic mass is 9.90. The van der Waals surface area contributed by atoms with Gasteiger partial charge in [0.05, 0.1) is 16.8 Å². The zero-order chi connectivity index (χ0) is 21.9. The Balaban J connectivity index is 1.18. The van der Waals surface area contributed by atoms with Gasteiger partial charge in [0.2, 0.25) is 0 Å². The van der Waals surface area contributed by atoms with Crippen LogP contribution in [0.1, 0.15) is 31.2 Å². The van der Waals surface area contributed by atoms with E-state index in [1.54, 1.807) is 7.11 Å². The second-order valence-electron chi connectivity index (χ2n) is 8.93. The van der Waals surface area contributed by atoms with Crippen LogP contribution in [0.3, 0.4) is 0 Å². The number of rotatable bonds is 8. The minimum absolute atomic E-state index is 0.617. The minimum atomic E-state index is 0.617. The molecule has 0 aliphatic heterocycles. The van der Waals surface area contributed by atoms with E-state index in [0.29, 0.717) is 12.1 Å². The van der Waals surface area contributed by atoms with E-state index in [1.807, 2.05) is 11.3 Å². The molecule has 5 rings (SSSR count). The van der Waals surface area contributed by atoms with Crippen molar-refractivity contribution < 1.29 is 4.74 Å². The highest BCUT2D eigenvalue weighted by Crippen LogP contribution is 2.38. The molecule has 0 unspecified atom stereocenters. The predicted octanol–water partition coefficient (Wildman–Crippen LogP) is 5.42. The van der Waals surface area contributed by atoms with Crippen LogP contribution in [0, 0.1) is 0 Å². The van der Waals surface area contributed by atoms with Crippen molar-refractivity contribution in [2.75, 3.05) is 27.3 Å². The molecule has 1 aliphatic carbocycles. The van der Waals surface area contributed by atoms with Gasteiger partial charge in [0.1, 0.15) is 5.69 Å². The summed E-state index contributed by atoms with van der Waals surface area (Å²) < 4.78 is 7.76. The highest BCUT2D eigenvalue weighted by atomic mass is 32.1. The highest BCUT2D eigenvalue weighted by Gasteiger charge is 2.23. The SMILES string of the molecule is COCCN(C)C1CCC(NCc2ccc(-c3n[nH]c4c3sc3ccccc34)cc2)CC1. The molecule has 6 heteroatoms. The number of fused-ring (bicyclic) bond motifs is 3. The Hall–Kier alpha value is -2.25. The fraction of sp³-hybridized carbons (Fsp3) is 0.423. The zero-order valence-corrected chi connectivity index (χ0v) is 19.8. The van der Waals surface area contributed by atoms with Crippen LogP contribution < -0.4 is 5.32 Å². The Morgan fingerprint density at radius 3 is 2.66 bits per heavy atom. The molecule has 0 atom stereocenters. The van der Waals surface area contributed by atoms with E-state index in [4.69, 9.17) is 4.74 Å². The van der Waals surface area contributed by atoms with Gasteiger partial charge >= 0.3 is 0 Å². The van der Waals surface area contributed by atoms with E-state index < -0.39 is 0 Å². The lowest BCUT2D eigenvalue weighted by molar-refractivity contribution is 0.117. The van der Waals surface area contributed by atoms with Gasteiger partial charge in [-0.25, -0.2) is 0 Å². The van der Waals surface area contributed by atoms with Crippen molar-refractivity contribution in [3.05, 3.63) is 54.1 Å². The van der Waals surface area contributed by atoms with Crippen LogP contribution in [0.2, 0.25) is 0 Å². The molecule has 2 N–H and O–H groups in total. The topological polar surface area (TPSA) is 53.2 Å². The average Bonchev–Trinajstić information content (AvgIpc) is 3.41. The number of thiophene rings is 1. The summed E-state index contributed by atoms with van der Waals surface area (Å²) in [4.78, 5) is 2.46. The standard InChI is InChI=1S/C26H32N4OS/c1-30(15-16-31-2)21-13-11-20(12-14-21)27-17-18-7-9-19(10-8-18)24-26-25(29-28-24)22-5-3-4-6-23(22)32-26/h3-10,20-21,27H,11-17H2,1-2H3,(H,28,29). The number of aromatic amines is 1. The summed E-state index contributed by atoms with van der Waals surface area (Å²) in [6, 6.07) is 18.7. The molecule has 4 aromatic rings. The van der Waals surface area contributed by atoms with Crippen molar-refractivity contribution in [2.24, 2.45) is 0 Å². The number of H-pyrrole nitrogens is 1. The second kappa shape index (κ2) is 9.71. The van der Waals surface area contributed by atoms with E-state index in [-0.39, 0.29) is 0 Å². The Bertz CT molecular complexity index is 1160. The zero-order valence-electron chi connectivity index (χ0n) is 18.9. The number of hydrogen-bond acceptors (Lipinski definition) is 5.